The molecule has 13 heavy (non-hydrogen) atoms. The van der Waals surface area contributed by atoms with E-state index in [1.54, 1.807) is 0 Å². The molecule has 0 amide bonds. The monoisotopic (exact) mass is 306 g/mol. The minimum Gasteiger partial charge on any atom is 0 e. The molecule has 74 valence electrons. The topological polar surface area (TPSA) is 46.5 Å². The van der Waals surface area contributed by atoms with Crippen LogP contribution in [0, 0.1) is 0 Å². The van der Waals surface area contributed by atoms with Crippen LogP contribution in [0.4, 0.5) is 0 Å². The summed E-state index contributed by atoms with van der Waals surface area (Å²) in [4.78, 5) is 10.4. The van der Waals surface area contributed by atoms with Crippen molar-refractivity contribution in [1.29, 1.82) is 0 Å². The van der Waals surface area contributed by atoms with E-state index < -0.39 is 5.97 Å². The summed E-state index contributed by atoms with van der Waals surface area (Å²) in [7, 11) is 6.00. The standard InChI is InChI=1S/C7H15NO3Se.Zn/c1-8(2,3)5-6(11-12)4-7(9)10;/h6H,4-5H2,1-3H3,(H-,9,10,12);/p+1/t6-;/m1./s1. The molecule has 0 aromatic heterocycles. The first-order chi connectivity index (χ1) is 5.35. The largest absolute Gasteiger partial charge is 0 e. The Hall–Kier alpha value is 0.533. The normalized spacial score (nSPS) is 13.2. The Morgan fingerprint density at radius 2 is 2.00 bits per heavy atom. The molecule has 1 atom stereocenters. The summed E-state index contributed by atoms with van der Waals surface area (Å²) in [6, 6.07) is 0. The molecular formula is C7H16NO3SeZn+. The number of quaternary nitrogens is 1. The summed E-state index contributed by atoms with van der Waals surface area (Å²) < 4.78 is 5.68. The molecule has 0 bridgehead atoms. The minimum atomic E-state index is -0.820. The van der Waals surface area contributed by atoms with Crippen LogP contribution in [0.2, 0.25) is 0 Å². The Bertz CT molecular complexity index is 160. The van der Waals surface area contributed by atoms with Gasteiger partial charge in [0.15, 0.2) is 0 Å². The minimum absolute atomic E-state index is 0. The molecular weight excluding hydrogens is 290 g/mol. The van der Waals surface area contributed by atoms with Gasteiger partial charge >= 0.3 is 80.7 Å². The van der Waals surface area contributed by atoms with Crippen molar-refractivity contribution in [1.82, 2.24) is 0 Å². The van der Waals surface area contributed by atoms with E-state index in [1.165, 1.54) is 0 Å². The first kappa shape index (κ1) is 16.0. The molecule has 0 saturated carbocycles. The number of nitrogens with zero attached hydrogens (tertiary/aromatic N) is 1. The predicted octanol–water partition coefficient (Wildman–Crippen LogP) is -0.634. The first-order valence-electron chi connectivity index (χ1n) is 3.67. The third kappa shape index (κ3) is 10.5. The van der Waals surface area contributed by atoms with Gasteiger partial charge in [-0.2, -0.15) is 0 Å². The van der Waals surface area contributed by atoms with Gasteiger partial charge in [0.05, 0.1) is 0 Å². The zero-order chi connectivity index (χ0) is 9.78. The van der Waals surface area contributed by atoms with Crippen LogP contribution in [0.15, 0.2) is 0 Å². The van der Waals surface area contributed by atoms with Gasteiger partial charge in [0.25, 0.3) is 0 Å². The zero-order valence-corrected chi connectivity index (χ0v) is 13.2. The number of rotatable bonds is 5. The first-order valence-corrected chi connectivity index (χ1v) is 4.44. The molecule has 0 fully saturated rings. The van der Waals surface area contributed by atoms with Crippen molar-refractivity contribution in [2.24, 2.45) is 0 Å². The SMILES string of the molecule is C[N+](C)(C)C[C@@H](CC(=O)O)O[SeH].[Zn]. The number of aliphatic carboxylic acids is 1. The molecule has 0 saturated heterocycles. The summed E-state index contributed by atoms with van der Waals surface area (Å²) in [5.74, 6) is -0.820. The molecule has 0 spiro atoms. The maximum atomic E-state index is 10.4. The van der Waals surface area contributed by atoms with Gasteiger partial charge in [-0.25, -0.2) is 0 Å². The second-order valence-electron chi connectivity index (χ2n) is 3.80. The van der Waals surface area contributed by atoms with Crippen molar-refractivity contribution in [2.45, 2.75) is 12.5 Å². The van der Waals surface area contributed by atoms with E-state index in [9.17, 15) is 4.79 Å². The fraction of sp³-hybridized carbons (Fsp3) is 0.857. The van der Waals surface area contributed by atoms with Crippen LogP contribution in [0.3, 0.4) is 0 Å². The zero-order valence-electron chi connectivity index (χ0n) is 8.36. The number of hydrogen-bond donors (Lipinski definition) is 1. The Labute approximate surface area is 100 Å². The maximum Gasteiger partial charge on any atom is 0 e. The molecule has 0 aromatic carbocycles. The van der Waals surface area contributed by atoms with Gasteiger partial charge in [-0.1, -0.05) is 0 Å². The molecule has 1 N–H and O–H groups in total. The molecule has 0 aromatic rings. The predicted molar refractivity (Wildman–Crippen MR) is 47.2 cm³/mol. The van der Waals surface area contributed by atoms with Gasteiger partial charge in [-0.05, 0) is 0 Å². The second-order valence-corrected chi connectivity index (χ2v) is 4.24. The third-order valence-electron chi connectivity index (χ3n) is 1.30. The van der Waals surface area contributed by atoms with Crippen molar-refractivity contribution < 1.29 is 37.7 Å². The molecule has 6 heteroatoms. The third-order valence-corrected chi connectivity index (χ3v) is 1.93. The van der Waals surface area contributed by atoms with Crippen LogP contribution in [0.25, 0.3) is 0 Å². The van der Waals surface area contributed by atoms with Crippen LogP contribution in [-0.2, 0) is 28.1 Å². The average molecular weight is 307 g/mol. The summed E-state index contributed by atoms with van der Waals surface area (Å²) in [6.45, 7) is 0.695. The number of likely N-dealkylation sites (N-methyl/N-ethyl adjacent to an activating group) is 1. The van der Waals surface area contributed by atoms with Crippen LogP contribution >= 0.6 is 0 Å². The summed E-state index contributed by atoms with van der Waals surface area (Å²) in [6.07, 6.45) is -0.160. The van der Waals surface area contributed by atoms with E-state index >= 15 is 0 Å². The van der Waals surface area contributed by atoms with Gasteiger partial charge in [0, 0.05) is 19.5 Å². The summed E-state index contributed by atoms with van der Waals surface area (Å²) >= 11 is 1.97. The van der Waals surface area contributed by atoms with Crippen LogP contribution < -0.4 is 0 Å². The number of carbonyl (C=O) groups is 1. The Kier molecular flexibility index (Phi) is 8.49. The number of hydrogen-bond acceptors (Lipinski definition) is 2. The smallest absolute Gasteiger partial charge is 0 e. The second kappa shape index (κ2) is 6.91. The van der Waals surface area contributed by atoms with Gasteiger partial charge < -0.3 is 0 Å². The van der Waals surface area contributed by atoms with Crippen molar-refractivity contribution in [3.05, 3.63) is 0 Å². The quantitative estimate of drug-likeness (QED) is 0.543. The van der Waals surface area contributed by atoms with Crippen LogP contribution in [-0.4, -0.2) is 65.7 Å². The van der Waals surface area contributed by atoms with Crippen molar-refractivity contribution in [2.75, 3.05) is 27.7 Å². The Morgan fingerprint density at radius 1 is 1.54 bits per heavy atom. The van der Waals surface area contributed by atoms with E-state index in [2.05, 4.69) is 0 Å². The van der Waals surface area contributed by atoms with E-state index in [0.717, 1.165) is 0 Å². The van der Waals surface area contributed by atoms with Crippen LogP contribution in [0.5, 0.6) is 0 Å². The van der Waals surface area contributed by atoms with Gasteiger partial charge in [0.2, 0.25) is 0 Å². The van der Waals surface area contributed by atoms with E-state index in [-0.39, 0.29) is 32.0 Å². The molecule has 4 nitrogen and oxygen atoms in total. The van der Waals surface area contributed by atoms with Crippen LogP contribution in [0.1, 0.15) is 6.42 Å². The Balaban J connectivity index is 0. The summed E-state index contributed by atoms with van der Waals surface area (Å²) in [5.41, 5.74) is 0. The molecule has 0 heterocycles. The van der Waals surface area contributed by atoms with E-state index in [4.69, 9.17) is 8.93 Å². The van der Waals surface area contributed by atoms with Crippen molar-refractivity contribution in [3.8, 4) is 0 Å². The molecule has 0 aliphatic rings. The maximum absolute atomic E-state index is 10.4. The molecule has 0 aliphatic carbocycles. The fourth-order valence-corrected chi connectivity index (χ4v) is 1.24. The van der Waals surface area contributed by atoms with Gasteiger partial charge in [-0.3, -0.25) is 0 Å². The number of carboxylic acids is 1. The fourth-order valence-electron chi connectivity index (χ4n) is 0.941. The van der Waals surface area contributed by atoms with Gasteiger partial charge in [0.1, 0.15) is 0 Å². The Morgan fingerprint density at radius 3 is 2.23 bits per heavy atom. The number of carboxylic acid groups (broad SMARTS) is 1. The molecule has 0 rings (SSSR count). The molecule has 0 radical (unpaired) electrons. The average Bonchev–Trinajstić information content (AvgIpc) is 1.82. The van der Waals surface area contributed by atoms with E-state index in [0.29, 0.717) is 11.0 Å². The van der Waals surface area contributed by atoms with Crippen molar-refractivity contribution in [3.63, 3.8) is 0 Å². The summed E-state index contributed by atoms with van der Waals surface area (Å²) in [5, 5.41) is 8.52. The van der Waals surface area contributed by atoms with E-state index in [1.807, 2.05) is 37.5 Å². The molecule has 0 unspecified atom stereocenters. The molecule has 0 aliphatic heterocycles. The van der Waals surface area contributed by atoms with Gasteiger partial charge in [-0.15, -0.1) is 0 Å². The van der Waals surface area contributed by atoms with Crippen molar-refractivity contribution >= 4 is 22.3 Å².